The van der Waals surface area contributed by atoms with Crippen LogP contribution in [0.3, 0.4) is 0 Å². The summed E-state index contributed by atoms with van der Waals surface area (Å²) in [5, 5.41) is 4.86. The first-order valence-corrected chi connectivity index (χ1v) is 9.03. The molecule has 1 atom stereocenters. The zero-order valence-electron chi connectivity index (χ0n) is 14.8. The third-order valence-electron chi connectivity index (χ3n) is 4.19. The summed E-state index contributed by atoms with van der Waals surface area (Å²) in [6, 6.07) is 9.18. The molecule has 25 heavy (non-hydrogen) atoms. The van der Waals surface area contributed by atoms with E-state index in [9.17, 15) is 4.79 Å². The van der Waals surface area contributed by atoms with Gasteiger partial charge in [0.1, 0.15) is 16.5 Å². The maximum atomic E-state index is 12.7. The first-order chi connectivity index (χ1) is 12.0. The summed E-state index contributed by atoms with van der Waals surface area (Å²) in [4.78, 5) is 23.0. The number of carbonyl (C=O) groups is 1. The van der Waals surface area contributed by atoms with Crippen molar-refractivity contribution in [2.45, 2.75) is 33.2 Å². The Hall–Kier alpha value is -2.47. The Morgan fingerprint density at radius 2 is 2.04 bits per heavy atom. The van der Waals surface area contributed by atoms with Gasteiger partial charge in [-0.15, -0.1) is 11.3 Å². The number of fused-ring (bicyclic) bond motifs is 1. The van der Waals surface area contributed by atoms with Gasteiger partial charge in [-0.3, -0.25) is 4.79 Å². The van der Waals surface area contributed by atoms with E-state index in [0.717, 1.165) is 28.0 Å². The first kappa shape index (κ1) is 17.4. The summed E-state index contributed by atoms with van der Waals surface area (Å²) in [6.07, 6.45) is 0.767. The monoisotopic (exact) mass is 355 g/mol. The molecular formula is C19H21N3O2S. The van der Waals surface area contributed by atoms with Crippen molar-refractivity contribution in [3.8, 4) is 5.75 Å². The molecule has 0 saturated carbocycles. The lowest BCUT2D eigenvalue weighted by atomic mass is 10.1. The van der Waals surface area contributed by atoms with Crippen LogP contribution in [-0.4, -0.2) is 23.0 Å². The number of ether oxygens (including phenoxy) is 1. The Balaban J connectivity index is 1.90. The SMILES string of the molecule is CCC(NC(=O)c1cc(OC)c2ccccc2n1)c1nc(C)c(C)s1. The number of aromatic nitrogens is 2. The maximum absolute atomic E-state index is 12.7. The summed E-state index contributed by atoms with van der Waals surface area (Å²) in [5.41, 5.74) is 2.10. The van der Waals surface area contributed by atoms with Crippen molar-refractivity contribution in [2.75, 3.05) is 7.11 Å². The number of carbonyl (C=O) groups excluding carboxylic acids is 1. The number of hydrogen-bond acceptors (Lipinski definition) is 5. The van der Waals surface area contributed by atoms with E-state index < -0.39 is 0 Å². The number of hydrogen-bond donors (Lipinski definition) is 1. The highest BCUT2D eigenvalue weighted by Crippen LogP contribution is 2.27. The molecule has 2 heterocycles. The summed E-state index contributed by atoms with van der Waals surface area (Å²) >= 11 is 1.62. The molecule has 0 aliphatic carbocycles. The van der Waals surface area contributed by atoms with E-state index in [2.05, 4.69) is 15.3 Å². The number of para-hydroxylation sites is 1. The lowest BCUT2D eigenvalue weighted by Crippen LogP contribution is -2.28. The van der Waals surface area contributed by atoms with Gasteiger partial charge in [0, 0.05) is 16.3 Å². The molecule has 6 heteroatoms. The molecule has 0 radical (unpaired) electrons. The van der Waals surface area contributed by atoms with Gasteiger partial charge in [-0.2, -0.15) is 0 Å². The van der Waals surface area contributed by atoms with Gasteiger partial charge in [-0.1, -0.05) is 19.1 Å². The number of nitrogens with zero attached hydrogens (tertiary/aromatic N) is 2. The van der Waals surface area contributed by atoms with Crippen LogP contribution in [0.1, 0.15) is 45.5 Å². The Morgan fingerprint density at radius 1 is 1.28 bits per heavy atom. The number of amides is 1. The molecule has 1 unspecified atom stereocenters. The molecule has 3 rings (SSSR count). The van der Waals surface area contributed by atoms with Crippen LogP contribution in [-0.2, 0) is 0 Å². The van der Waals surface area contributed by atoms with Crippen LogP contribution in [0.15, 0.2) is 30.3 Å². The van der Waals surface area contributed by atoms with Gasteiger partial charge in [0.15, 0.2) is 0 Å². The number of pyridine rings is 1. The van der Waals surface area contributed by atoms with Gasteiger partial charge in [-0.25, -0.2) is 9.97 Å². The largest absolute Gasteiger partial charge is 0.496 e. The van der Waals surface area contributed by atoms with Gasteiger partial charge in [-0.05, 0) is 32.4 Å². The standard InChI is InChI=1S/C19H21N3O2S/c1-5-14(19-20-11(2)12(3)25-19)22-18(23)16-10-17(24-4)13-8-6-7-9-15(13)21-16/h6-10,14H,5H2,1-4H3,(H,22,23). The van der Waals surface area contributed by atoms with Crippen molar-refractivity contribution in [3.63, 3.8) is 0 Å². The predicted molar refractivity (Wildman–Crippen MR) is 100 cm³/mol. The molecule has 130 valence electrons. The zero-order valence-corrected chi connectivity index (χ0v) is 15.6. The smallest absolute Gasteiger partial charge is 0.270 e. The number of nitrogens with one attached hydrogen (secondary N) is 1. The second-order valence-corrected chi connectivity index (χ2v) is 7.09. The molecule has 1 amide bonds. The molecular weight excluding hydrogens is 334 g/mol. The van der Waals surface area contributed by atoms with Gasteiger partial charge < -0.3 is 10.1 Å². The molecule has 0 saturated heterocycles. The summed E-state index contributed by atoms with van der Waals surface area (Å²) < 4.78 is 5.42. The van der Waals surface area contributed by atoms with E-state index in [1.54, 1.807) is 24.5 Å². The molecule has 0 spiro atoms. The van der Waals surface area contributed by atoms with Crippen molar-refractivity contribution in [3.05, 3.63) is 51.6 Å². The van der Waals surface area contributed by atoms with Gasteiger partial charge in [0.05, 0.1) is 24.4 Å². The number of aryl methyl sites for hydroxylation is 2. The van der Waals surface area contributed by atoms with Crippen LogP contribution in [0.25, 0.3) is 10.9 Å². The van der Waals surface area contributed by atoms with Crippen molar-refractivity contribution in [1.29, 1.82) is 0 Å². The van der Waals surface area contributed by atoms with Gasteiger partial charge in [0.2, 0.25) is 0 Å². The first-order valence-electron chi connectivity index (χ1n) is 8.22. The van der Waals surface area contributed by atoms with Crippen LogP contribution >= 0.6 is 11.3 Å². The highest BCUT2D eigenvalue weighted by atomic mass is 32.1. The van der Waals surface area contributed by atoms with Crippen LogP contribution in [0, 0.1) is 13.8 Å². The molecule has 0 aliphatic heterocycles. The summed E-state index contributed by atoms with van der Waals surface area (Å²) in [5.74, 6) is 0.422. The van der Waals surface area contributed by atoms with Crippen molar-refractivity contribution < 1.29 is 9.53 Å². The van der Waals surface area contributed by atoms with Crippen molar-refractivity contribution in [2.24, 2.45) is 0 Å². The van der Waals surface area contributed by atoms with E-state index in [-0.39, 0.29) is 11.9 Å². The Kier molecular flexibility index (Phi) is 4.99. The predicted octanol–water partition coefficient (Wildman–Crippen LogP) is 4.20. The summed E-state index contributed by atoms with van der Waals surface area (Å²) in [6.45, 7) is 6.06. The van der Waals surface area contributed by atoms with Crippen molar-refractivity contribution >= 4 is 28.1 Å². The Bertz CT molecular complexity index is 901. The topological polar surface area (TPSA) is 64.1 Å². The number of thiazole rings is 1. The molecule has 0 aliphatic rings. The minimum absolute atomic E-state index is 0.121. The lowest BCUT2D eigenvalue weighted by molar-refractivity contribution is 0.0930. The quantitative estimate of drug-likeness (QED) is 0.745. The molecule has 1 aromatic carbocycles. The average molecular weight is 355 g/mol. The minimum atomic E-state index is -0.221. The molecule has 0 bridgehead atoms. The molecule has 0 fully saturated rings. The zero-order chi connectivity index (χ0) is 18.0. The van der Waals surface area contributed by atoms with Gasteiger partial charge in [0.25, 0.3) is 5.91 Å². The van der Waals surface area contributed by atoms with Gasteiger partial charge >= 0.3 is 0 Å². The van der Waals surface area contributed by atoms with E-state index in [4.69, 9.17) is 4.74 Å². The minimum Gasteiger partial charge on any atom is -0.496 e. The molecule has 1 N–H and O–H groups in total. The third-order valence-corrected chi connectivity index (χ3v) is 5.37. The van der Waals surface area contributed by atoms with Crippen LogP contribution in [0.4, 0.5) is 0 Å². The number of rotatable bonds is 5. The Labute approximate surface area is 151 Å². The van der Waals surface area contributed by atoms with Crippen LogP contribution in [0.2, 0.25) is 0 Å². The number of methoxy groups -OCH3 is 1. The molecule has 3 aromatic rings. The van der Waals surface area contributed by atoms with E-state index in [0.29, 0.717) is 11.4 Å². The maximum Gasteiger partial charge on any atom is 0.270 e. The third kappa shape index (κ3) is 3.49. The molecule has 5 nitrogen and oxygen atoms in total. The Morgan fingerprint density at radius 3 is 2.68 bits per heavy atom. The normalized spacial score (nSPS) is 12.2. The highest BCUT2D eigenvalue weighted by Gasteiger charge is 2.20. The second kappa shape index (κ2) is 7.19. The average Bonchev–Trinajstić information content (AvgIpc) is 2.97. The fourth-order valence-corrected chi connectivity index (χ4v) is 3.70. The fourth-order valence-electron chi connectivity index (χ4n) is 2.65. The van der Waals surface area contributed by atoms with Crippen LogP contribution in [0.5, 0.6) is 5.75 Å². The molecule has 2 aromatic heterocycles. The summed E-state index contributed by atoms with van der Waals surface area (Å²) in [7, 11) is 1.60. The lowest BCUT2D eigenvalue weighted by Gasteiger charge is -2.15. The highest BCUT2D eigenvalue weighted by molar-refractivity contribution is 7.11. The van der Waals surface area contributed by atoms with E-state index in [1.165, 1.54) is 4.88 Å². The van der Waals surface area contributed by atoms with Crippen molar-refractivity contribution in [1.82, 2.24) is 15.3 Å². The van der Waals surface area contributed by atoms with E-state index in [1.807, 2.05) is 45.0 Å². The van der Waals surface area contributed by atoms with E-state index >= 15 is 0 Å². The van der Waals surface area contributed by atoms with Crippen LogP contribution < -0.4 is 10.1 Å². The fraction of sp³-hybridized carbons (Fsp3) is 0.316. The number of benzene rings is 1. The second-order valence-electron chi connectivity index (χ2n) is 5.85.